The molecule has 8 heteroatoms. The van der Waals surface area contributed by atoms with E-state index < -0.39 is 11.0 Å². The van der Waals surface area contributed by atoms with E-state index in [-0.39, 0.29) is 0 Å². The fourth-order valence-corrected chi connectivity index (χ4v) is 4.60. The SMILES string of the molecule is CN(C)CC1CC(n2cc(-c3cccc(CNS(C)=O)c3)c3c(N)ncnc32)C1. The van der Waals surface area contributed by atoms with Crippen molar-refractivity contribution in [2.75, 3.05) is 32.6 Å². The lowest BCUT2D eigenvalue weighted by atomic mass is 9.80. The minimum Gasteiger partial charge on any atom is -0.383 e. The summed E-state index contributed by atoms with van der Waals surface area (Å²) >= 11 is 0. The predicted molar refractivity (Wildman–Crippen MR) is 119 cm³/mol. The van der Waals surface area contributed by atoms with Crippen molar-refractivity contribution in [3.05, 3.63) is 42.4 Å². The van der Waals surface area contributed by atoms with Gasteiger partial charge in [0.1, 0.15) is 17.8 Å². The highest BCUT2D eigenvalue weighted by Gasteiger charge is 2.32. The zero-order valence-corrected chi connectivity index (χ0v) is 17.9. The van der Waals surface area contributed by atoms with Crippen molar-refractivity contribution in [3.8, 4) is 11.1 Å². The molecule has 29 heavy (non-hydrogen) atoms. The molecular weight excluding hydrogens is 384 g/mol. The molecule has 1 aliphatic rings. The van der Waals surface area contributed by atoms with Crippen molar-refractivity contribution in [1.29, 1.82) is 0 Å². The molecule has 0 bridgehead atoms. The Bertz CT molecular complexity index is 1040. The van der Waals surface area contributed by atoms with Gasteiger partial charge in [-0.3, -0.25) is 0 Å². The largest absolute Gasteiger partial charge is 0.383 e. The van der Waals surface area contributed by atoms with Crippen LogP contribution < -0.4 is 10.5 Å². The molecule has 3 N–H and O–H groups in total. The standard InChI is InChI=1S/C21H28N6OS/c1-26(2)11-15-8-17(9-15)27-12-18(19-20(22)23-13-24-21(19)27)16-6-4-5-14(7-16)10-25-29(3)28/h4-7,12-13,15,17,25H,8-11H2,1-3H3,(H2,22,23,24). The number of nitrogens with zero attached hydrogens (tertiary/aromatic N) is 4. The number of anilines is 1. The van der Waals surface area contributed by atoms with Crippen LogP contribution in [0.4, 0.5) is 5.82 Å². The quantitative estimate of drug-likeness (QED) is 0.623. The Morgan fingerprint density at radius 2 is 2.10 bits per heavy atom. The van der Waals surface area contributed by atoms with Crippen molar-refractivity contribution in [3.63, 3.8) is 0 Å². The van der Waals surface area contributed by atoms with E-state index in [0.29, 0.717) is 18.4 Å². The van der Waals surface area contributed by atoms with E-state index in [1.54, 1.807) is 12.6 Å². The van der Waals surface area contributed by atoms with Gasteiger partial charge in [-0.05, 0) is 50.0 Å². The van der Waals surface area contributed by atoms with E-state index in [4.69, 9.17) is 5.73 Å². The number of nitrogen functional groups attached to an aromatic ring is 1. The van der Waals surface area contributed by atoms with Crippen LogP contribution in [0.25, 0.3) is 22.2 Å². The lowest BCUT2D eigenvalue weighted by molar-refractivity contribution is 0.159. The third kappa shape index (κ3) is 4.19. The molecule has 0 aliphatic heterocycles. The zero-order valence-electron chi connectivity index (χ0n) is 17.1. The van der Waals surface area contributed by atoms with Crippen molar-refractivity contribution in [2.45, 2.75) is 25.4 Å². The molecule has 2 aromatic heterocycles. The summed E-state index contributed by atoms with van der Waals surface area (Å²) in [6.45, 7) is 1.67. The van der Waals surface area contributed by atoms with Gasteiger partial charge in [0.15, 0.2) is 0 Å². The molecule has 7 nitrogen and oxygen atoms in total. The maximum atomic E-state index is 11.4. The van der Waals surface area contributed by atoms with Gasteiger partial charge in [0.2, 0.25) is 0 Å². The van der Waals surface area contributed by atoms with Gasteiger partial charge in [-0.1, -0.05) is 18.2 Å². The smallest absolute Gasteiger partial charge is 0.146 e. The average Bonchev–Trinajstić information content (AvgIpc) is 3.03. The van der Waals surface area contributed by atoms with Crippen LogP contribution in [-0.4, -0.2) is 50.5 Å². The minimum atomic E-state index is -1.04. The fourth-order valence-electron chi connectivity index (χ4n) is 4.23. The summed E-state index contributed by atoms with van der Waals surface area (Å²) in [6.07, 6.45) is 7.66. The van der Waals surface area contributed by atoms with E-state index in [1.165, 1.54) is 0 Å². The second kappa shape index (κ2) is 8.22. The van der Waals surface area contributed by atoms with Gasteiger partial charge in [0, 0.05) is 37.1 Å². The molecule has 1 atom stereocenters. The van der Waals surface area contributed by atoms with Crippen LogP contribution in [0.5, 0.6) is 0 Å². The van der Waals surface area contributed by atoms with Crippen LogP contribution >= 0.6 is 0 Å². The van der Waals surface area contributed by atoms with E-state index in [1.807, 2.05) is 12.1 Å². The lowest BCUT2D eigenvalue weighted by Crippen LogP contribution is -2.33. The number of hydrogen-bond acceptors (Lipinski definition) is 5. The molecule has 1 fully saturated rings. The van der Waals surface area contributed by atoms with Gasteiger partial charge in [-0.25, -0.2) is 18.9 Å². The first kappa shape index (κ1) is 20.0. The van der Waals surface area contributed by atoms with Crippen molar-refractivity contribution in [2.24, 2.45) is 5.92 Å². The first-order chi connectivity index (χ1) is 13.9. The molecule has 154 valence electrons. The number of aromatic nitrogens is 3. The van der Waals surface area contributed by atoms with E-state index in [0.717, 1.165) is 53.0 Å². The van der Waals surface area contributed by atoms with Gasteiger partial charge < -0.3 is 15.2 Å². The molecule has 4 rings (SSSR count). The second-order valence-corrected chi connectivity index (χ2v) is 9.33. The van der Waals surface area contributed by atoms with Crippen LogP contribution in [0.3, 0.4) is 0 Å². The Morgan fingerprint density at radius 3 is 2.83 bits per heavy atom. The van der Waals surface area contributed by atoms with Crippen molar-refractivity contribution < 1.29 is 4.21 Å². The monoisotopic (exact) mass is 412 g/mol. The van der Waals surface area contributed by atoms with E-state index >= 15 is 0 Å². The highest BCUT2D eigenvalue weighted by Crippen LogP contribution is 2.43. The van der Waals surface area contributed by atoms with Crippen molar-refractivity contribution >= 4 is 27.8 Å². The van der Waals surface area contributed by atoms with Crippen LogP contribution in [0.1, 0.15) is 24.4 Å². The Hall–Kier alpha value is -2.29. The predicted octanol–water partition coefficient (Wildman–Crippen LogP) is 2.58. The Morgan fingerprint density at radius 1 is 1.31 bits per heavy atom. The molecule has 0 amide bonds. The average molecular weight is 413 g/mol. The highest BCUT2D eigenvalue weighted by molar-refractivity contribution is 7.82. The molecule has 1 aliphatic carbocycles. The summed E-state index contributed by atoms with van der Waals surface area (Å²) in [5, 5.41) is 0.910. The molecule has 1 saturated carbocycles. The fraction of sp³-hybridized carbons (Fsp3) is 0.429. The summed E-state index contributed by atoms with van der Waals surface area (Å²) < 4.78 is 16.6. The molecule has 0 spiro atoms. The number of fused-ring (bicyclic) bond motifs is 1. The van der Waals surface area contributed by atoms with E-state index in [2.05, 4.69) is 56.6 Å². The number of hydrogen-bond donors (Lipinski definition) is 2. The van der Waals surface area contributed by atoms with Crippen LogP contribution in [0, 0.1) is 5.92 Å². The van der Waals surface area contributed by atoms with Gasteiger partial charge in [-0.2, -0.15) is 0 Å². The molecule has 1 aromatic carbocycles. The Balaban J connectivity index is 1.69. The third-order valence-corrected chi connectivity index (χ3v) is 6.13. The summed E-state index contributed by atoms with van der Waals surface area (Å²) in [6, 6.07) is 8.68. The normalized spacial score (nSPS) is 20.1. The summed E-state index contributed by atoms with van der Waals surface area (Å²) in [5.41, 5.74) is 10.4. The van der Waals surface area contributed by atoms with E-state index in [9.17, 15) is 4.21 Å². The lowest BCUT2D eigenvalue weighted by Gasteiger charge is -2.38. The second-order valence-electron chi connectivity index (χ2n) is 8.14. The number of benzene rings is 1. The Kier molecular flexibility index (Phi) is 5.67. The number of nitrogens with two attached hydrogens (primary N) is 1. The maximum absolute atomic E-state index is 11.4. The number of rotatable bonds is 7. The summed E-state index contributed by atoms with van der Waals surface area (Å²) in [7, 11) is 3.21. The molecule has 0 saturated heterocycles. The summed E-state index contributed by atoms with van der Waals surface area (Å²) in [5.74, 6) is 1.23. The van der Waals surface area contributed by atoms with Crippen LogP contribution in [0.15, 0.2) is 36.8 Å². The minimum absolute atomic E-state index is 0.442. The van der Waals surface area contributed by atoms with Gasteiger partial charge in [0.05, 0.1) is 16.4 Å². The first-order valence-electron chi connectivity index (χ1n) is 9.84. The number of nitrogens with one attached hydrogen (secondary N) is 1. The van der Waals surface area contributed by atoms with Gasteiger partial charge in [-0.15, -0.1) is 0 Å². The molecule has 2 heterocycles. The maximum Gasteiger partial charge on any atom is 0.146 e. The highest BCUT2D eigenvalue weighted by atomic mass is 32.2. The van der Waals surface area contributed by atoms with Gasteiger partial charge in [0.25, 0.3) is 0 Å². The van der Waals surface area contributed by atoms with Gasteiger partial charge >= 0.3 is 0 Å². The molecule has 1 unspecified atom stereocenters. The third-order valence-electron chi connectivity index (χ3n) is 5.58. The first-order valence-corrected chi connectivity index (χ1v) is 11.4. The van der Waals surface area contributed by atoms with Crippen LogP contribution in [-0.2, 0) is 17.5 Å². The molecular formula is C21H28N6OS. The molecule has 3 aromatic rings. The molecule has 0 radical (unpaired) electrons. The summed E-state index contributed by atoms with van der Waals surface area (Å²) in [4.78, 5) is 11.1. The van der Waals surface area contributed by atoms with Crippen molar-refractivity contribution in [1.82, 2.24) is 24.2 Å². The topological polar surface area (TPSA) is 89.1 Å². The zero-order chi connectivity index (χ0) is 20.5. The Labute approximate surface area is 173 Å². The van der Waals surface area contributed by atoms with Crippen LogP contribution in [0.2, 0.25) is 0 Å².